The number of aliphatic hydroxyl groups is 1. The molecule has 0 aromatic carbocycles. The fourth-order valence-corrected chi connectivity index (χ4v) is 2.40. The predicted octanol–water partition coefficient (Wildman–Crippen LogP) is 0.0821. The summed E-state index contributed by atoms with van der Waals surface area (Å²) in [5.74, 6) is -1.49. The first-order chi connectivity index (χ1) is 7.56. The van der Waals surface area contributed by atoms with Gasteiger partial charge in [0.15, 0.2) is 0 Å². The smallest absolute Gasteiger partial charge is 0.308 e. The van der Waals surface area contributed by atoms with Crippen molar-refractivity contribution in [3.63, 3.8) is 0 Å². The second-order valence-electron chi connectivity index (χ2n) is 4.99. The third kappa shape index (κ3) is 2.19. The number of aliphatic carboxylic acids is 1. The average molecular weight is 227 g/mol. The van der Waals surface area contributed by atoms with E-state index < -0.39 is 11.9 Å². The van der Waals surface area contributed by atoms with Crippen molar-refractivity contribution in [2.75, 3.05) is 19.7 Å². The minimum absolute atomic E-state index is 0.0587. The van der Waals surface area contributed by atoms with Crippen molar-refractivity contribution in [1.29, 1.82) is 0 Å². The molecular formula is C11H17NO4. The van der Waals surface area contributed by atoms with Crippen LogP contribution in [-0.2, 0) is 9.59 Å². The minimum atomic E-state index is -0.886. The first-order valence-corrected chi connectivity index (χ1v) is 5.68. The Morgan fingerprint density at radius 3 is 2.62 bits per heavy atom. The van der Waals surface area contributed by atoms with Crippen LogP contribution in [0.25, 0.3) is 0 Å². The van der Waals surface area contributed by atoms with Crippen LogP contribution in [0.4, 0.5) is 0 Å². The monoisotopic (exact) mass is 227 g/mol. The van der Waals surface area contributed by atoms with Crippen molar-refractivity contribution >= 4 is 11.9 Å². The van der Waals surface area contributed by atoms with Gasteiger partial charge in [0.25, 0.3) is 0 Å². The molecule has 1 unspecified atom stereocenters. The molecular weight excluding hydrogens is 210 g/mol. The Morgan fingerprint density at radius 1 is 1.50 bits per heavy atom. The molecule has 0 spiro atoms. The van der Waals surface area contributed by atoms with Gasteiger partial charge in [-0.3, -0.25) is 9.59 Å². The van der Waals surface area contributed by atoms with Crippen molar-refractivity contribution < 1.29 is 19.8 Å². The van der Waals surface area contributed by atoms with E-state index in [0.29, 0.717) is 19.5 Å². The zero-order chi connectivity index (χ0) is 11.8. The van der Waals surface area contributed by atoms with Gasteiger partial charge in [0.05, 0.1) is 5.92 Å². The number of carbonyl (C=O) groups excluding carboxylic acids is 1. The Morgan fingerprint density at radius 2 is 2.19 bits per heavy atom. The number of amides is 1. The Bertz CT molecular complexity index is 311. The third-order valence-electron chi connectivity index (χ3n) is 3.69. The Balaban J connectivity index is 1.91. The molecule has 1 saturated heterocycles. The van der Waals surface area contributed by atoms with E-state index >= 15 is 0 Å². The van der Waals surface area contributed by atoms with Crippen LogP contribution in [0.5, 0.6) is 0 Å². The van der Waals surface area contributed by atoms with E-state index in [2.05, 4.69) is 0 Å². The summed E-state index contributed by atoms with van der Waals surface area (Å²) in [7, 11) is 0. The molecule has 0 bridgehead atoms. The molecule has 1 heterocycles. The van der Waals surface area contributed by atoms with Crippen molar-refractivity contribution in [2.45, 2.75) is 25.7 Å². The second-order valence-corrected chi connectivity index (χ2v) is 4.99. The molecule has 0 aromatic rings. The molecule has 1 aliphatic carbocycles. The van der Waals surface area contributed by atoms with Gasteiger partial charge in [-0.1, -0.05) is 0 Å². The van der Waals surface area contributed by atoms with Gasteiger partial charge in [-0.25, -0.2) is 0 Å². The summed E-state index contributed by atoms with van der Waals surface area (Å²) in [6.45, 7) is 1.10. The van der Waals surface area contributed by atoms with Crippen molar-refractivity contribution in [1.82, 2.24) is 4.90 Å². The van der Waals surface area contributed by atoms with Crippen LogP contribution in [0.2, 0.25) is 0 Å². The maximum absolute atomic E-state index is 11.6. The number of aliphatic hydroxyl groups excluding tert-OH is 1. The number of carbonyl (C=O) groups is 2. The number of carboxylic acid groups (broad SMARTS) is 1. The third-order valence-corrected chi connectivity index (χ3v) is 3.69. The maximum Gasteiger partial charge on any atom is 0.308 e. The van der Waals surface area contributed by atoms with Crippen LogP contribution in [0.1, 0.15) is 25.7 Å². The van der Waals surface area contributed by atoms with E-state index in [9.17, 15) is 9.59 Å². The molecule has 90 valence electrons. The van der Waals surface area contributed by atoms with Gasteiger partial charge in [0.2, 0.25) is 5.91 Å². The molecule has 2 fully saturated rings. The predicted molar refractivity (Wildman–Crippen MR) is 55.7 cm³/mol. The SMILES string of the molecule is O=C(O)C1CC(=O)N(CC2(CCO)CC2)C1. The number of hydrogen-bond donors (Lipinski definition) is 2. The lowest BCUT2D eigenvalue weighted by Crippen LogP contribution is -2.33. The second kappa shape index (κ2) is 4.05. The molecule has 16 heavy (non-hydrogen) atoms. The highest BCUT2D eigenvalue weighted by molar-refractivity contribution is 5.86. The Labute approximate surface area is 94.0 Å². The van der Waals surface area contributed by atoms with Crippen molar-refractivity contribution in [2.24, 2.45) is 11.3 Å². The zero-order valence-corrected chi connectivity index (χ0v) is 9.19. The highest BCUT2D eigenvalue weighted by atomic mass is 16.4. The van der Waals surface area contributed by atoms with E-state index in [0.717, 1.165) is 12.8 Å². The number of rotatable bonds is 5. The largest absolute Gasteiger partial charge is 0.481 e. The quantitative estimate of drug-likeness (QED) is 0.697. The van der Waals surface area contributed by atoms with E-state index in [1.807, 2.05) is 0 Å². The molecule has 1 saturated carbocycles. The molecule has 2 N–H and O–H groups in total. The van der Waals surface area contributed by atoms with Crippen LogP contribution >= 0.6 is 0 Å². The lowest BCUT2D eigenvalue weighted by Gasteiger charge is -2.22. The lowest BCUT2D eigenvalue weighted by atomic mass is 10.0. The van der Waals surface area contributed by atoms with Crippen LogP contribution < -0.4 is 0 Å². The summed E-state index contributed by atoms with van der Waals surface area (Å²) in [5.41, 5.74) is 0.0812. The summed E-state index contributed by atoms with van der Waals surface area (Å²) in [5, 5.41) is 17.8. The topological polar surface area (TPSA) is 77.8 Å². The molecule has 2 rings (SSSR count). The fourth-order valence-electron chi connectivity index (χ4n) is 2.40. The van der Waals surface area contributed by atoms with Crippen LogP contribution in [0.3, 0.4) is 0 Å². The van der Waals surface area contributed by atoms with E-state index in [-0.39, 0.29) is 24.3 Å². The lowest BCUT2D eigenvalue weighted by molar-refractivity contribution is -0.141. The van der Waals surface area contributed by atoms with E-state index in [1.54, 1.807) is 4.90 Å². The molecule has 1 atom stereocenters. The molecule has 0 radical (unpaired) electrons. The Kier molecular flexibility index (Phi) is 2.88. The van der Waals surface area contributed by atoms with Gasteiger partial charge >= 0.3 is 5.97 Å². The molecule has 5 heteroatoms. The number of nitrogens with zero attached hydrogens (tertiary/aromatic N) is 1. The zero-order valence-electron chi connectivity index (χ0n) is 9.19. The van der Waals surface area contributed by atoms with Crippen molar-refractivity contribution in [3.05, 3.63) is 0 Å². The number of carboxylic acids is 1. The van der Waals surface area contributed by atoms with Gasteiger partial charge in [-0.15, -0.1) is 0 Å². The summed E-state index contributed by atoms with van der Waals surface area (Å²) in [6, 6.07) is 0. The standard InChI is InChI=1S/C11H17NO4/c13-4-3-11(1-2-11)7-12-6-8(10(15)16)5-9(12)14/h8,13H,1-7H2,(H,15,16). The van der Waals surface area contributed by atoms with Gasteiger partial charge in [-0.05, 0) is 24.7 Å². The summed E-state index contributed by atoms with van der Waals surface area (Å²) >= 11 is 0. The first kappa shape index (κ1) is 11.4. The summed E-state index contributed by atoms with van der Waals surface area (Å²) < 4.78 is 0. The maximum atomic E-state index is 11.6. The van der Waals surface area contributed by atoms with E-state index in [4.69, 9.17) is 10.2 Å². The van der Waals surface area contributed by atoms with Crippen LogP contribution in [0.15, 0.2) is 0 Å². The van der Waals surface area contributed by atoms with Gasteiger partial charge in [-0.2, -0.15) is 0 Å². The first-order valence-electron chi connectivity index (χ1n) is 5.68. The van der Waals surface area contributed by atoms with Gasteiger partial charge in [0.1, 0.15) is 0 Å². The van der Waals surface area contributed by atoms with Gasteiger partial charge < -0.3 is 15.1 Å². The Hall–Kier alpha value is -1.10. The fraction of sp³-hybridized carbons (Fsp3) is 0.818. The van der Waals surface area contributed by atoms with Crippen LogP contribution in [0, 0.1) is 11.3 Å². The molecule has 2 aliphatic rings. The molecule has 0 aromatic heterocycles. The highest BCUT2D eigenvalue weighted by Gasteiger charge is 2.46. The molecule has 5 nitrogen and oxygen atoms in total. The minimum Gasteiger partial charge on any atom is -0.481 e. The summed E-state index contributed by atoms with van der Waals surface area (Å²) in [6.07, 6.45) is 2.92. The normalized spacial score (nSPS) is 27.2. The van der Waals surface area contributed by atoms with Crippen molar-refractivity contribution in [3.8, 4) is 0 Å². The molecule has 1 aliphatic heterocycles. The average Bonchev–Trinajstić information content (AvgIpc) is 2.86. The number of hydrogen-bond acceptors (Lipinski definition) is 3. The van der Waals surface area contributed by atoms with Gasteiger partial charge in [0, 0.05) is 26.1 Å². The molecule has 1 amide bonds. The number of likely N-dealkylation sites (tertiary alicyclic amines) is 1. The van der Waals surface area contributed by atoms with E-state index in [1.165, 1.54) is 0 Å². The summed E-state index contributed by atoms with van der Waals surface area (Å²) in [4.78, 5) is 24.0. The highest BCUT2D eigenvalue weighted by Crippen LogP contribution is 2.49. The van der Waals surface area contributed by atoms with Crippen LogP contribution in [-0.4, -0.2) is 46.7 Å².